The SMILES string of the molecule is CC1=CC=C(C(C)CCCC(C)(C)O)CC1. The molecule has 1 unspecified atom stereocenters. The molecule has 0 heterocycles. The molecule has 0 fully saturated rings. The molecule has 0 radical (unpaired) electrons. The normalized spacial score (nSPS) is 19.1. The van der Waals surface area contributed by atoms with Gasteiger partial charge >= 0.3 is 0 Å². The van der Waals surface area contributed by atoms with Gasteiger partial charge in [0.15, 0.2) is 0 Å². The second-order valence-corrected chi connectivity index (χ2v) is 5.86. The topological polar surface area (TPSA) is 20.2 Å². The van der Waals surface area contributed by atoms with Gasteiger partial charge in [-0.15, -0.1) is 0 Å². The van der Waals surface area contributed by atoms with E-state index in [-0.39, 0.29) is 0 Å². The number of hydrogen-bond donors (Lipinski definition) is 1. The van der Waals surface area contributed by atoms with Gasteiger partial charge in [0.2, 0.25) is 0 Å². The van der Waals surface area contributed by atoms with E-state index in [1.54, 1.807) is 5.57 Å². The van der Waals surface area contributed by atoms with Crippen molar-refractivity contribution in [2.45, 2.75) is 65.4 Å². The van der Waals surface area contributed by atoms with E-state index in [9.17, 15) is 5.11 Å². The molecule has 0 aromatic rings. The van der Waals surface area contributed by atoms with E-state index in [1.165, 1.54) is 24.8 Å². The number of rotatable bonds is 5. The van der Waals surface area contributed by atoms with Gasteiger partial charge in [-0.2, -0.15) is 0 Å². The highest BCUT2D eigenvalue weighted by molar-refractivity contribution is 5.24. The summed E-state index contributed by atoms with van der Waals surface area (Å²) in [6, 6.07) is 0. The van der Waals surface area contributed by atoms with Crippen LogP contribution in [0, 0.1) is 5.92 Å². The first kappa shape index (κ1) is 13.5. The van der Waals surface area contributed by atoms with Crippen molar-refractivity contribution in [1.29, 1.82) is 0 Å². The molecule has 92 valence electrons. The molecule has 1 aliphatic carbocycles. The second kappa shape index (κ2) is 5.67. The summed E-state index contributed by atoms with van der Waals surface area (Å²) in [5.74, 6) is 0.673. The van der Waals surface area contributed by atoms with Crippen LogP contribution < -0.4 is 0 Å². The molecular weight excluding hydrogens is 196 g/mol. The zero-order valence-electron chi connectivity index (χ0n) is 11.2. The first-order valence-corrected chi connectivity index (χ1v) is 6.47. The Labute approximate surface area is 100 Å². The van der Waals surface area contributed by atoms with Crippen LogP contribution in [0.5, 0.6) is 0 Å². The maximum atomic E-state index is 9.65. The van der Waals surface area contributed by atoms with Gasteiger partial charge < -0.3 is 5.11 Å². The molecule has 0 saturated heterocycles. The van der Waals surface area contributed by atoms with Crippen molar-refractivity contribution in [2.24, 2.45) is 5.92 Å². The van der Waals surface area contributed by atoms with Crippen molar-refractivity contribution in [3.05, 3.63) is 23.3 Å². The highest BCUT2D eigenvalue weighted by Crippen LogP contribution is 2.28. The number of hydrogen-bond acceptors (Lipinski definition) is 1. The Morgan fingerprint density at radius 3 is 2.50 bits per heavy atom. The minimum atomic E-state index is -0.503. The minimum absolute atomic E-state index is 0.503. The highest BCUT2D eigenvalue weighted by atomic mass is 16.3. The van der Waals surface area contributed by atoms with Gasteiger partial charge in [0.1, 0.15) is 0 Å². The molecule has 1 nitrogen and oxygen atoms in total. The molecule has 0 aromatic heterocycles. The van der Waals surface area contributed by atoms with E-state index >= 15 is 0 Å². The molecule has 0 amide bonds. The largest absolute Gasteiger partial charge is 0.390 e. The Morgan fingerprint density at radius 2 is 2.00 bits per heavy atom. The van der Waals surface area contributed by atoms with Crippen LogP contribution in [-0.4, -0.2) is 10.7 Å². The van der Waals surface area contributed by atoms with Gasteiger partial charge in [0.05, 0.1) is 5.60 Å². The molecule has 0 saturated carbocycles. The predicted octanol–water partition coefficient (Wildman–Crippen LogP) is 4.23. The van der Waals surface area contributed by atoms with Gasteiger partial charge in [-0.25, -0.2) is 0 Å². The second-order valence-electron chi connectivity index (χ2n) is 5.86. The quantitative estimate of drug-likeness (QED) is 0.738. The van der Waals surface area contributed by atoms with Gasteiger partial charge in [-0.05, 0) is 52.4 Å². The van der Waals surface area contributed by atoms with E-state index in [0.29, 0.717) is 5.92 Å². The minimum Gasteiger partial charge on any atom is -0.390 e. The van der Waals surface area contributed by atoms with Gasteiger partial charge in [-0.1, -0.05) is 36.6 Å². The maximum Gasteiger partial charge on any atom is 0.0591 e. The van der Waals surface area contributed by atoms with E-state index in [0.717, 1.165) is 12.8 Å². The first-order valence-electron chi connectivity index (χ1n) is 6.47. The lowest BCUT2D eigenvalue weighted by Crippen LogP contribution is -2.18. The fourth-order valence-electron chi connectivity index (χ4n) is 2.19. The molecule has 1 rings (SSSR count). The van der Waals surface area contributed by atoms with Gasteiger partial charge in [-0.3, -0.25) is 0 Å². The van der Waals surface area contributed by atoms with Crippen LogP contribution >= 0.6 is 0 Å². The lowest BCUT2D eigenvalue weighted by atomic mass is 9.86. The van der Waals surface area contributed by atoms with Crippen molar-refractivity contribution in [1.82, 2.24) is 0 Å². The van der Waals surface area contributed by atoms with Crippen molar-refractivity contribution >= 4 is 0 Å². The molecule has 1 N–H and O–H groups in total. The third-order valence-electron chi connectivity index (χ3n) is 3.45. The zero-order valence-corrected chi connectivity index (χ0v) is 11.2. The van der Waals surface area contributed by atoms with Crippen LogP contribution in [0.2, 0.25) is 0 Å². The van der Waals surface area contributed by atoms with Gasteiger partial charge in [0.25, 0.3) is 0 Å². The van der Waals surface area contributed by atoms with Crippen LogP contribution in [0.25, 0.3) is 0 Å². The first-order chi connectivity index (χ1) is 7.38. The Balaban J connectivity index is 2.33. The third kappa shape index (κ3) is 4.98. The summed E-state index contributed by atoms with van der Waals surface area (Å²) in [7, 11) is 0. The van der Waals surface area contributed by atoms with Crippen molar-refractivity contribution < 1.29 is 5.11 Å². The lowest BCUT2D eigenvalue weighted by molar-refractivity contribution is 0.0674. The Kier molecular flexibility index (Phi) is 4.79. The maximum absolute atomic E-state index is 9.65. The standard InChI is InChI=1S/C15H26O/c1-12-7-9-14(10-8-12)13(2)6-5-11-15(3,4)16/h7,9,13,16H,5-6,8,10-11H2,1-4H3. The van der Waals surface area contributed by atoms with Crippen molar-refractivity contribution in [3.63, 3.8) is 0 Å². The third-order valence-corrected chi connectivity index (χ3v) is 3.45. The molecule has 0 bridgehead atoms. The summed E-state index contributed by atoms with van der Waals surface area (Å²) in [5, 5.41) is 9.65. The Bertz CT molecular complexity index is 278. The summed E-state index contributed by atoms with van der Waals surface area (Å²) in [4.78, 5) is 0. The average Bonchev–Trinajstić information content (AvgIpc) is 2.16. The van der Waals surface area contributed by atoms with E-state index in [1.807, 2.05) is 13.8 Å². The molecule has 16 heavy (non-hydrogen) atoms. The molecule has 0 aromatic carbocycles. The molecule has 0 spiro atoms. The highest BCUT2D eigenvalue weighted by Gasteiger charge is 2.15. The summed E-state index contributed by atoms with van der Waals surface area (Å²) < 4.78 is 0. The zero-order chi connectivity index (χ0) is 12.2. The van der Waals surface area contributed by atoms with Crippen LogP contribution in [0.1, 0.15) is 59.8 Å². The van der Waals surface area contributed by atoms with Crippen LogP contribution in [0.15, 0.2) is 23.3 Å². The molecule has 1 heteroatoms. The van der Waals surface area contributed by atoms with Crippen LogP contribution in [0.3, 0.4) is 0 Å². The van der Waals surface area contributed by atoms with Crippen molar-refractivity contribution in [3.8, 4) is 0 Å². The monoisotopic (exact) mass is 222 g/mol. The van der Waals surface area contributed by atoms with Crippen molar-refractivity contribution in [2.75, 3.05) is 0 Å². The Morgan fingerprint density at radius 1 is 1.31 bits per heavy atom. The fourth-order valence-corrected chi connectivity index (χ4v) is 2.19. The smallest absolute Gasteiger partial charge is 0.0591 e. The van der Waals surface area contributed by atoms with E-state index in [2.05, 4.69) is 26.0 Å². The summed E-state index contributed by atoms with van der Waals surface area (Å²) in [5.41, 5.74) is 2.57. The molecule has 1 aliphatic rings. The average molecular weight is 222 g/mol. The summed E-state index contributed by atoms with van der Waals surface area (Å²) in [6.45, 7) is 8.30. The fraction of sp³-hybridized carbons (Fsp3) is 0.733. The van der Waals surface area contributed by atoms with Gasteiger partial charge in [0, 0.05) is 0 Å². The summed E-state index contributed by atoms with van der Waals surface area (Å²) in [6.07, 6.45) is 10.2. The number of allylic oxidation sites excluding steroid dienone is 4. The van der Waals surface area contributed by atoms with E-state index < -0.39 is 5.60 Å². The molecule has 1 atom stereocenters. The predicted molar refractivity (Wildman–Crippen MR) is 70.4 cm³/mol. The van der Waals surface area contributed by atoms with Crippen LogP contribution in [0.4, 0.5) is 0 Å². The summed E-state index contributed by atoms with van der Waals surface area (Å²) >= 11 is 0. The Hall–Kier alpha value is -0.560. The molecule has 0 aliphatic heterocycles. The lowest BCUT2D eigenvalue weighted by Gasteiger charge is -2.21. The van der Waals surface area contributed by atoms with E-state index in [4.69, 9.17) is 0 Å². The number of aliphatic hydroxyl groups is 1. The molecular formula is C15H26O. The van der Waals surface area contributed by atoms with Crippen LogP contribution in [-0.2, 0) is 0 Å².